The molecule has 0 saturated heterocycles. The van der Waals surface area contributed by atoms with E-state index in [4.69, 9.17) is 5.73 Å². The Hall–Kier alpha value is -1.46. The fourth-order valence-corrected chi connectivity index (χ4v) is 0.815. The highest BCUT2D eigenvalue weighted by Crippen LogP contribution is 1.95. The molecule has 0 fully saturated rings. The van der Waals surface area contributed by atoms with Gasteiger partial charge in [0.05, 0.1) is 0 Å². The molecule has 0 spiro atoms. The number of rotatable bonds is 5. The van der Waals surface area contributed by atoms with Crippen LogP contribution in [0.4, 0.5) is 0 Å². The van der Waals surface area contributed by atoms with Crippen molar-refractivity contribution >= 4 is 5.91 Å². The van der Waals surface area contributed by atoms with Gasteiger partial charge in [0, 0.05) is 13.0 Å². The monoisotopic (exact) mass is 168 g/mol. The SMILES string of the molecule is NC(=O)CCCCn1[c]nnn1. The van der Waals surface area contributed by atoms with Crippen LogP contribution in [0.25, 0.3) is 0 Å². The summed E-state index contributed by atoms with van der Waals surface area (Å²) >= 11 is 0. The maximum absolute atomic E-state index is 10.3. The molecule has 0 aliphatic carbocycles. The van der Waals surface area contributed by atoms with Crippen molar-refractivity contribution in [2.24, 2.45) is 5.73 Å². The van der Waals surface area contributed by atoms with Crippen LogP contribution in [0.3, 0.4) is 0 Å². The van der Waals surface area contributed by atoms with E-state index >= 15 is 0 Å². The lowest BCUT2D eigenvalue weighted by molar-refractivity contribution is -0.118. The normalized spacial score (nSPS) is 10.0. The summed E-state index contributed by atoms with van der Waals surface area (Å²) in [5.41, 5.74) is 4.96. The average molecular weight is 168 g/mol. The van der Waals surface area contributed by atoms with Gasteiger partial charge in [-0.05, 0) is 23.3 Å². The lowest BCUT2D eigenvalue weighted by Gasteiger charge is -1.96. The highest BCUT2D eigenvalue weighted by Gasteiger charge is 1.96. The minimum Gasteiger partial charge on any atom is -0.370 e. The summed E-state index contributed by atoms with van der Waals surface area (Å²) in [5.74, 6) is -0.268. The van der Waals surface area contributed by atoms with Crippen LogP contribution in [-0.2, 0) is 11.3 Å². The molecule has 12 heavy (non-hydrogen) atoms. The number of nitrogens with two attached hydrogens (primary N) is 1. The molecule has 2 N–H and O–H groups in total. The van der Waals surface area contributed by atoms with Crippen LogP contribution >= 0.6 is 0 Å². The third kappa shape index (κ3) is 3.09. The first-order chi connectivity index (χ1) is 5.79. The van der Waals surface area contributed by atoms with Crippen LogP contribution < -0.4 is 5.73 Å². The van der Waals surface area contributed by atoms with Gasteiger partial charge < -0.3 is 5.73 Å². The molecule has 0 saturated carbocycles. The molecule has 1 aromatic rings. The van der Waals surface area contributed by atoms with Crippen LogP contribution in [0, 0.1) is 6.33 Å². The van der Waals surface area contributed by atoms with Gasteiger partial charge in [0.2, 0.25) is 12.2 Å². The van der Waals surface area contributed by atoms with Crippen molar-refractivity contribution in [2.45, 2.75) is 25.8 Å². The van der Waals surface area contributed by atoms with E-state index in [-0.39, 0.29) is 5.91 Å². The summed E-state index contributed by atoms with van der Waals surface area (Å²) in [6.45, 7) is 0.681. The molecule has 6 nitrogen and oxygen atoms in total. The number of primary amides is 1. The van der Waals surface area contributed by atoms with Crippen LogP contribution in [-0.4, -0.2) is 26.1 Å². The lowest BCUT2D eigenvalue weighted by Crippen LogP contribution is -2.10. The Morgan fingerprint density at radius 1 is 1.50 bits per heavy atom. The van der Waals surface area contributed by atoms with E-state index in [0.717, 1.165) is 12.8 Å². The molecule has 0 atom stereocenters. The summed E-state index contributed by atoms with van der Waals surface area (Å²) in [5, 5.41) is 10.4. The Kier molecular flexibility index (Phi) is 3.18. The van der Waals surface area contributed by atoms with Crippen molar-refractivity contribution in [2.75, 3.05) is 0 Å². The first-order valence-electron chi connectivity index (χ1n) is 3.71. The van der Waals surface area contributed by atoms with Gasteiger partial charge in [-0.1, -0.05) is 0 Å². The second-order valence-electron chi connectivity index (χ2n) is 2.43. The lowest BCUT2D eigenvalue weighted by atomic mass is 10.2. The van der Waals surface area contributed by atoms with Crippen LogP contribution in [0.15, 0.2) is 0 Å². The number of unbranched alkanes of at least 4 members (excludes halogenated alkanes) is 1. The number of nitrogens with zero attached hydrogens (tertiary/aromatic N) is 4. The van der Waals surface area contributed by atoms with E-state index in [0.29, 0.717) is 13.0 Å². The van der Waals surface area contributed by atoms with Crippen molar-refractivity contribution in [3.05, 3.63) is 6.33 Å². The molecule has 1 radical (unpaired) electrons. The fourth-order valence-electron chi connectivity index (χ4n) is 0.815. The third-order valence-corrected chi connectivity index (χ3v) is 1.40. The van der Waals surface area contributed by atoms with Crippen molar-refractivity contribution in [3.63, 3.8) is 0 Å². The molecule has 0 unspecified atom stereocenters. The van der Waals surface area contributed by atoms with E-state index in [1.54, 1.807) is 0 Å². The topological polar surface area (TPSA) is 86.7 Å². The molecular weight excluding hydrogens is 158 g/mol. The first kappa shape index (κ1) is 8.63. The summed E-state index contributed by atoms with van der Waals surface area (Å²) in [7, 11) is 0. The molecule has 1 heterocycles. The molecular formula is C6H10N5O. The standard InChI is InChI=1S/C6H10N5O/c7-6(12)3-1-2-4-11-5-8-9-10-11/h1-4H2,(H2,7,12). The van der Waals surface area contributed by atoms with Crippen molar-refractivity contribution in [1.29, 1.82) is 0 Å². The van der Waals surface area contributed by atoms with Crippen molar-refractivity contribution < 1.29 is 4.79 Å². The minimum atomic E-state index is -0.268. The summed E-state index contributed by atoms with van der Waals surface area (Å²) < 4.78 is 1.50. The Balaban J connectivity index is 2.07. The number of aromatic nitrogens is 4. The fraction of sp³-hybridized carbons (Fsp3) is 0.667. The van der Waals surface area contributed by atoms with E-state index in [9.17, 15) is 4.79 Å². The van der Waals surface area contributed by atoms with E-state index < -0.39 is 0 Å². The van der Waals surface area contributed by atoms with Crippen LogP contribution in [0.2, 0.25) is 0 Å². The molecule has 0 aliphatic rings. The number of hydrogen-bond acceptors (Lipinski definition) is 4. The van der Waals surface area contributed by atoms with Gasteiger partial charge in [-0.15, -0.1) is 5.10 Å². The van der Waals surface area contributed by atoms with E-state index in [1.165, 1.54) is 4.68 Å². The van der Waals surface area contributed by atoms with Crippen LogP contribution in [0.5, 0.6) is 0 Å². The number of carbonyl (C=O) groups excluding carboxylic acids is 1. The number of aryl methyl sites for hydroxylation is 1. The van der Waals surface area contributed by atoms with Crippen LogP contribution in [0.1, 0.15) is 19.3 Å². The van der Waals surface area contributed by atoms with Gasteiger partial charge in [-0.25, -0.2) is 4.68 Å². The Morgan fingerprint density at radius 2 is 2.33 bits per heavy atom. The van der Waals surface area contributed by atoms with Gasteiger partial charge in [-0.2, -0.15) is 0 Å². The van der Waals surface area contributed by atoms with Crippen molar-refractivity contribution in [1.82, 2.24) is 20.2 Å². The largest absolute Gasteiger partial charge is 0.370 e. The van der Waals surface area contributed by atoms with E-state index in [2.05, 4.69) is 21.9 Å². The zero-order valence-electron chi connectivity index (χ0n) is 6.60. The van der Waals surface area contributed by atoms with Gasteiger partial charge in [0.25, 0.3) is 0 Å². The average Bonchev–Trinajstić information content (AvgIpc) is 2.49. The van der Waals surface area contributed by atoms with E-state index in [1.807, 2.05) is 0 Å². The Morgan fingerprint density at radius 3 is 2.92 bits per heavy atom. The van der Waals surface area contributed by atoms with Gasteiger partial charge >= 0.3 is 0 Å². The zero-order valence-corrected chi connectivity index (χ0v) is 6.60. The highest BCUT2D eigenvalue weighted by molar-refractivity contribution is 5.73. The predicted molar refractivity (Wildman–Crippen MR) is 39.7 cm³/mol. The third-order valence-electron chi connectivity index (χ3n) is 1.40. The molecule has 1 aromatic heterocycles. The molecule has 0 bridgehead atoms. The maximum atomic E-state index is 10.3. The maximum Gasteiger partial charge on any atom is 0.221 e. The van der Waals surface area contributed by atoms with Gasteiger partial charge in [0.15, 0.2) is 0 Å². The quantitative estimate of drug-likeness (QED) is 0.579. The molecule has 1 amide bonds. The van der Waals surface area contributed by atoms with Crippen molar-refractivity contribution in [3.8, 4) is 0 Å². The molecule has 65 valence electrons. The smallest absolute Gasteiger partial charge is 0.221 e. The summed E-state index contributed by atoms with van der Waals surface area (Å²) in [6, 6.07) is 0. The summed E-state index contributed by atoms with van der Waals surface area (Å²) in [4.78, 5) is 10.3. The molecule has 0 aliphatic heterocycles. The molecule has 6 heteroatoms. The Labute approximate surface area is 69.7 Å². The predicted octanol–water partition coefficient (Wildman–Crippen LogP) is -0.871. The molecule has 1 rings (SSSR count). The number of hydrogen-bond donors (Lipinski definition) is 1. The highest BCUT2D eigenvalue weighted by atomic mass is 16.1. The minimum absolute atomic E-state index is 0.268. The summed E-state index contributed by atoms with van der Waals surface area (Å²) in [6.07, 6.45) is 4.58. The molecule has 0 aromatic carbocycles. The second kappa shape index (κ2) is 4.42. The van der Waals surface area contributed by atoms with Gasteiger partial charge in [-0.3, -0.25) is 4.79 Å². The number of tetrazole rings is 1. The number of carbonyl (C=O) groups is 1. The first-order valence-corrected chi connectivity index (χ1v) is 3.71. The number of amides is 1. The van der Waals surface area contributed by atoms with Gasteiger partial charge in [0.1, 0.15) is 0 Å². The Bertz CT molecular complexity index is 232. The zero-order chi connectivity index (χ0) is 8.81. The second-order valence-corrected chi connectivity index (χ2v) is 2.43.